The van der Waals surface area contributed by atoms with Gasteiger partial charge in [-0.25, -0.2) is 4.98 Å². The van der Waals surface area contributed by atoms with Gasteiger partial charge in [-0.2, -0.15) is 0 Å². The zero-order valence-electron chi connectivity index (χ0n) is 15.5. The van der Waals surface area contributed by atoms with Crippen LogP contribution in [0.25, 0.3) is 10.8 Å². The van der Waals surface area contributed by atoms with E-state index in [1.54, 1.807) is 0 Å². The number of likely N-dealkylation sites (tertiary alicyclic amines) is 1. The third-order valence-electron chi connectivity index (χ3n) is 5.20. The maximum atomic E-state index is 13.2. The van der Waals surface area contributed by atoms with Crippen molar-refractivity contribution in [2.75, 3.05) is 19.6 Å². The molecule has 1 saturated heterocycles. The standard InChI is InChI=1S/C21H23N3O2S/c1-13-8-9-18(26-13)20-23-14(2)19(27-20)21(25)24-11-16(10-22)17(12-24)15-6-4-3-5-7-15/h3-9,16-17H,10-12,22H2,1-2H3/t16-,17+/m1/s1. The first-order valence-corrected chi connectivity index (χ1v) is 9.97. The lowest BCUT2D eigenvalue weighted by molar-refractivity contribution is 0.0790. The Bertz CT molecular complexity index is 948. The number of hydrogen-bond donors (Lipinski definition) is 1. The lowest BCUT2D eigenvalue weighted by Crippen LogP contribution is -2.29. The lowest BCUT2D eigenvalue weighted by Gasteiger charge is -2.16. The topological polar surface area (TPSA) is 72.4 Å². The summed E-state index contributed by atoms with van der Waals surface area (Å²) >= 11 is 1.40. The Kier molecular flexibility index (Phi) is 4.85. The second kappa shape index (κ2) is 7.29. The van der Waals surface area contributed by atoms with Crippen LogP contribution in [0.1, 0.15) is 32.6 Å². The molecule has 3 heterocycles. The summed E-state index contributed by atoms with van der Waals surface area (Å²) in [5.74, 6) is 2.14. The van der Waals surface area contributed by atoms with E-state index in [0.717, 1.165) is 16.5 Å². The monoisotopic (exact) mass is 381 g/mol. The van der Waals surface area contributed by atoms with E-state index in [1.165, 1.54) is 16.9 Å². The molecule has 0 bridgehead atoms. The third-order valence-corrected chi connectivity index (χ3v) is 6.36. The van der Waals surface area contributed by atoms with Crippen molar-refractivity contribution in [3.63, 3.8) is 0 Å². The van der Waals surface area contributed by atoms with Crippen molar-refractivity contribution in [3.8, 4) is 10.8 Å². The molecule has 2 atom stereocenters. The summed E-state index contributed by atoms with van der Waals surface area (Å²) in [6, 6.07) is 14.1. The summed E-state index contributed by atoms with van der Waals surface area (Å²) in [5.41, 5.74) is 8.01. The molecule has 140 valence electrons. The predicted octanol–water partition coefficient (Wildman–Crippen LogP) is 3.83. The predicted molar refractivity (Wildman–Crippen MR) is 107 cm³/mol. The molecule has 3 aromatic rings. The molecule has 0 radical (unpaired) electrons. The quantitative estimate of drug-likeness (QED) is 0.745. The van der Waals surface area contributed by atoms with Crippen molar-refractivity contribution in [2.24, 2.45) is 11.7 Å². The molecular weight excluding hydrogens is 358 g/mol. The van der Waals surface area contributed by atoms with E-state index in [2.05, 4.69) is 17.1 Å². The molecule has 1 fully saturated rings. The number of nitrogens with two attached hydrogens (primary N) is 1. The fourth-order valence-corrected chi connectivity index (χ4v) is 4.74. The van der Waals surface area contributed by atoms with Crippen molar-refractivity contribution in [1.29, 1.82) is 0 Å². The lowest BCUT2D eigenvalue weighted by atomic mass is 9.89. The Hall–Kier alpha value is -2.44. The fraction of sp³-hybridized carbons (Fsp3) is 0.333. The van der Waals surface area contributed by atoms with Gasteiger partial charge in [0, 0.05) is 19.0 Å². The first kappa shape index (κ1) is 17.9. The zero-order valence-corrected chi connectivity index (χ0v) is 16.3. The van der Waals surface area contributed by atoms with Gasteiger partial charge in [0.25, 0.3) is 5.91 Å². The largest absolute Gasteiger partial charge is 0.459 e. The van der Waals surface area contributed by atoms with Crippen LogP contribution < -0.4 is 5.73 Å². The second-order valence-corrected chi connectivity index (χ2v) is 8.07. The van der Waals surface area contributed by atoms with Gasteiger partial charge < -0.3 is 15.1 Å². The van der Waals surface area contributed by atoms with E-state index in [4.69, 9.17) is 10.2 Å². The number of benzene rings is 1. The van der Waals surface area contributed by atoms with Crippen LogP contribution in [-0.2, 0) is 0 Å². The smallest absolute Gasteiger partial charge is 0.265 e. The molecule has 0 aliphatic carbocycles. The van der Waals surface area contributed by atoms with E-state index >= 15 is 0 Å². The second-order valence-electron chi connectivity index (χ2n) is 7.07. The number of aryl methyl sites for hydroxylation is 2. The van der Waals surface area contributed by atoms with E-state index in [1.807, 2.05) is 49.1 Å². The highest BCUT2D eigenvalue weighted by Crippen LogP contribution is 2.35. The van der Waals surface area contributed by atoms with Gasteiger partial charge in [0.1, 0.15) is 10.6 Å². The van der Waals surface area contributed by atoms with Crippen LogP contribution in [0.4, 0.5) is 0 Å². The minimum absolute atomic E-state index is 0.0383. The number of furan rings is 1. The molecule has 2 aromatic heterocycles. The maximum absolute atomic E-state index is 13.2. The van der Waals surface area contributed by atoms with E-state index in [9.17, 15) is 4.79 Å². The molecule has 27 heavy (non-hydrogen) atoms. The summed E-state index contributed by atoms with van der Waals surface area (Å²) in [6.45, 7) is 5.73. The van der Waals surface area contributed by atoms with Gasteiger partial charge in [0.2, 0.25) is 0 Å². The molecule has 1 amide bonds. The van der Waals surface area contributed by atoms with Crippen LogP contribution in [0, 0.1) is 19.8 Å². The Morgan fingerprint density at radius 1 is 1.22 bits per heavy atom. The van der Waals surface area contributed by atoms with E-state index in [-0.39, 0.29) is 17.7 Å². The molecule has 0 spiro atoms. The highest BCUT2D eigenvalue weighted by molar-refractivity contribution is 7.17. The Morgan fingerprint density at radius 3 is 2.67 bits per heavy atom. The van der Waals surface area contributed by atoms with Gasteiger partial charge in [0.15, 0.2) is 10.8 Å². The fourth-order valence-electron chi connectivity index (χ4n) is 3.75. The highest BCUT2D eigenvalue weighted by atomic mass is 32.1. The molecule has 4 rings (SSSR count). The summed E-state index contributed by atoms with van der Waals surface area (Å²) in [6.07, 6.45) is 0. The molecular formula is C21H23N3O2S. The van der Waals surface area contributed by atoms with Gasteiger partial charge in [-0.1, -0.05) is 30.3 Å². The van der Waals surface area contributed by atoms with Crippen LogP contribution >= 0.6 is 11.3 Å². The third kappa shape index (κ3) is 3.42. The molecule has 2 N–H and O–H groups in total. The number of carbonyl (C=O) groups excluding carboxylic acids is 1. The molecule has 0 unspecified atom stereocenters. The minimum atomic E-state index is 0.0383. The Labute approximate surface area is 162 Å². The van der Waals surface area contributed by atoms with E-state index < -0.39 is 0 Å². The Balaban J connectivity index is 1.57. The van der Waals surface area contributed by atoms with Gasteiger partial charge in [-0.3, -0.25) is 4.79 Å². The Morgan fingerprint density at radius 2 is 2.00 bits per heavy atom. The average molecular weight is 382 g/mol. The van der Waals surface area contributed by atoms with Crippen LogP contribution in [0.5, 0.6) is 0 Å². The van der Waals surface area contributed by atoms with Gasteiger partial charge in [-0.15, -0.1) is 11.3 Å². The molecule has 1 aliphatic heterocycles. The normalized spacial score (nSPS) is 19.6. The summed E-state index contributed by atoms with van der Waals surface area (Å²) in [7, 11) is 0. The molecule has 1 aromatic carbocycles. The summed E-state index contributed by atoms with van der Waals surface area (Å²) in [5, 5.41) is 0.748. The first-order valence-electron chi connectivity index (χ1n) is 9.15. The zero-order chi connectivity index (χ0) is 19.0. The van der Waals surface area contributed by atoms with E-state index in [0.29, 0.717) is 30.3 Å². The number of thiazole rings is 1. The summed E-state index contributed by atoms with van der Waals surface area (Å²) < 4.78 is 5.66. The van der Waals surface area contributed by atoms with Gasteiger partial charge in [-0.05, 0) is 44.0 Å². The van der Waals surface area contributed by atoms with Crippen molar-refractivity contribution in [1.82, 2.24) is 9.88 Å². The van der Waals surface area contributed by atoms with Crippen LogP contribution in [0.2, 0.25) is 0 Å². The maximum Gasteiger partial charge on any atom is 0.265 e. The first-order chi connectivity index (χ1) is 13.1. The van der Waals surface area contributed by atoms with Gasteiger partial charge in [0.05, 0.1) is 5.69 Å². The minimum Gasteiger partial charge on any atom is -0.459 e. The van der Waals surface area contributed by atoms with Crippen molar-refractivity contribution >= 4 is 17.2 Å². The molecule has 1 aliphatic rings. The highest BCUT2D eigenvalue weighted by Gasteiger charge is 2.36. The van der Waals surface area contributed by atoms with Gasteiger partial charge >= 0.3 is 0 Å². The number of aromatic nitrogens is 1. The number of nitrogens with zero attached hydrogens (tertiary/aromatic N) is 2. The van der Waals surface area contributed by atoms with Crippen LogP contribution in [0.15, 0.2) is 46.9 Å². The molecule has 0 saturated carbocycles. The van der Waals surface area contributed by atoms with Crippen LogP contribution in [-0.4, -0.2) is 35.4 Å². The van der Waals surface area contributed by atoms with Crippen LogP contribution in [0.3, 0.4) is 0 Å². The molecule has 5 nitrogen and oxygen atoms in total. The number of amides is 1. The van der Waals surface area contributed by atoms with Crippen molar-refractivity contribution in [3.05, 3.63) is 64.4 Å². The summed E-state index contributed by atoms with van der Waals surface area (Å²) in [4.78, 5) is 20.3. The number of carbonyl (C=O) groups is 1. The van der Waals surface area contributed by atoms with Crippen molar-refractivity contribution < 1.29 is 9.21 Å². The van der Waals surface area contributed by atoms with Crippen molar-refractivity contribution in [2.45, 2.75) is 19.8 Å². The number of rotatable bonds is 4. The average Bonchev–Trinajstić information content (AvgIpc) is 3.39. The SMILES string of the molecule is Cc1ccc(-c2nc(C)c(C(=O)N3C[C@@H](CN)[C@H](c4ccccc4)C3)s2)o1. The number of hydrogen-bond acceptors (Lipinski definition) is 5. The molecule has 6 heteroatoms.